The molecule has 0 bridgehead atoms. The standard InChI is InChI=1S/C16H27ClN2O2/c1-3-19(4-2)10-6-9-18-12-15(20)13-21-16-8-5-7-14(17)11-16/h5,7-8,11,15,18,20H,3-4,6,9-10,12-13H2,1-2H3. The van der Waals surface area contributed by atoms with E-state index in [0.29, 0.717) is 17.3 Å². The zero-order valence-electron chi connectivity index (χ0n) is 13.0. The maximum atomic E-state index is 9.85. The van der Waals surface area contributed by atoms with Gasteiger partial charge in [-0.05, 0) is 50.8 Å². The van der Waals surface area contributed by atoms with E-state index < -0.39 is 6.10 Å². The van der Waals surface area contributed by atoms with Crippen LogP contribution in [0.3, 0.4) is 0 Å². The first kappa shape index (κ1) is 18.2. The molecule has 120 valence electrons. The number of ether oxygens (including phenoxy) is 1. The van der Waals surface area contributed by atoms with Crippen molar-refractivity contribution in [2.45, 2.75) is 26.4 Å². The van der Waals surface area contributed by atoms with Crippen molar-refractivity contribution in [3.63, 3.8) is 0 Å². The zero-order chi connectivity index (χ0) is 15.5. The summed E-state index contributed by atoms with van der Waals surface area (Å²) in [6.07, 6.45) is 0.571. The van der Waals surface area contributed by atoms with Crippen LogP contribution in [0.15, 0.2) is 24.3 Å². The lowest BCUT2D eigenvalue weighted by Gasteiger charge is -2.18. The Hall–Kier alpha value is -0.810. The van der Waals surface area contributed by atoms with Gasteiger partial charge in [-0.1, -0.05) is 31.5 Å². The van der Waals surface area contributed by atoms with E-state index in [9.17, 15) is 5.11 Å². The first-order chi connectivity index (χ1) is 10.2. The molecule has 1 aromatic rings. The Bertz CT molecular complexity index is 386. The van der Waals surface area contributed by atoms with Gasteiger partial charge >= 0.3 is 0 Å². The summed E-state index contributed by atoms with van der Waals surface area (Å²) in [5.74, 6) is 0.683. The molecule has 0 saturated carbocycles. The highest BCUT2D eigenvalue weighted by Gasteiger charge is 2.05. The second kappa shape index (κ2) is 10.9. The first-order valence-electron chi connectivity index (χ1n) is 7.65. The lowest BCUT2D eigenvalue weighted by molar-refractivity contribution is 0.106. The summed E-state index contributed by atoms with van der Waals surface area (Å²) in [5, 5.41) is 13.7. The molecule has 1 rings (SSSR count). The molecule has 0 spiro atoms. The molecule has 1 unspecified atom stereocenters. The number of benzene rings is 1. The molecular formula is C16H27ClN2O2. The highest BCUT2D eigenvalue weighted by molar-refractivity contribution is 6.30. The number of nitrogens with one attached hydrogen (secondary N) is 1. The molecule has 5 heteroatoms. The van der Waals surface area contributed by atoms with E-state index in [4.69, 9.17) is 16.3 Å². The Balaban J connectivity index is 2.07. The molecule has 4 nitrogen and oxygen atoms in total. The van der Waals surface area contributed by atoms with Gasteiger partial charge < -0.3 is 20.1 Å². The van der Waals surface area contributed by atoms with Gasteiger partial charge in [-0.2, -0.15) is 0 Å². The molecule has 0 amide bonds. The van der Waals surface area contributed by atoms with Crippen LogP contribution in [-0.4, -0.2) is 55.4 Å². The van der Waals surface area contributed by atoms with E-state index >= 15 is 0 Å². The molecule has 0 heterocycles. The van der Waals surface area contributed by atoms with Crippen molar-refractivity contribution >= 4 is 11.6 Å². The van der Waals surface area contributed by atoms with Gasteiger partial charge in [-0.25, -0.2) is 0 Å². The fraction of sp³-hybridized carbons (Fsp3) is 0.625. The van der Waals surface area contributed by atoms with Crippen LogP contribution in [-0.2, 0) is 0 Å². The van der Waals surface area contributed by atoms with Gasteiger partial charge in [0.25, 0.3) is 0 Å². The SMILES string of the molecule is CCN(CC)CCCNCC(O)COc1cccc(Cl)c1. The van der Waals surface area contributed by atoms with E-state index in [1.807, 2.05) is 12.1 Å². The van der Waals surface area contributed by atoms with Crippen molar-refractivity contribution in [2.75, 3.05) is 39.3 Å². The number of aliphatic hydroxyl groups excluding tert-OH is 1. The molecule has 0 aliphatic rings. The van der Waals surface area contributed by atoms with Crippen molar-refractivity contribution < 1.29 is 9.84 Å². The minimum atomic E-state index is -0.516. The van der Waals surface area contributed by atoms with Crippen molar-refractivity contribution in [2.24, 2.45) is 0 Å². The average Bonchev–Trinajstić information content (AvgIpc) is 2.49. The number of rotatable bonds is 11. The molecule has 0 aliphatic carbocycles. The first-order valence-corrected chi connectivity index (χ1v) is 8.03. The maximum absolute atomic E-state index is 9.85. The average molecular weight is 315 g/mol. The highest BCUT2D eigenvalue weighted by Crippen LogP contribution is 2.17. The quantitative estimate of drug-likeness (QED) is 0.616. The molecule has 21 heavy (non-hydrogen) atoms. The largest absolute Gasteiger partial charge is 0.491 e. The van der Waals surface area contributed by atoms with Gasteiger partial charge in [0.05, 0.1) is 0 Å². The van der Waals surface area contributed by atoms with Crippen LogP contribution in [0.4, 0.5) is 0 Å². The molecule has 0 aliphatic heterocycles. The summed E-state index contributed by atoms with van der Waals surface area (Å²) in [6.45, 7) is 9.34. The number of nitrogens with zero attached hydrogens (tertiary/aromatic N) is 1. The summed E-state index contributed by atoms with van der Waals surface area (Å²) >= 11 is 5.87. The van der Waals surface area contributed by atoms with Gasteiger partial charge in [0.1, 0.15) is 18.5 Å². The van der Waals surface area contributed by atoms with Gasteiger partial charge in [0, 0.05) is 11.6 Å². The van der Waals surface area contributed by atoms with E-state index in [0.717, 1.165) is 32.6 Å². The van der Waals surface area contributed by atoms with Crippen LogP contribution in [0.25, 0.3) is 0 Å². The zero-order valence-corrected chi connectivity index (χ0v) is 13.8. The smallest absolute Gasteiger partial charge is 0.120 e. The van der Waals surface area contributed by atoms with Crippen LogP contribution >= 0.6 is 11.6 Å². The Labute approximate surface area is 133 Å². The van der Waals surface area contributed by atoms with Crippen molar-refractivity contribution in [1.29, 1.82) is 0 Å². The molecular weight excluding hydrogens is 288 g/mol. The summed E-state index contributed by atoms with van der Waals surface area (Å²) < 4.78 is 5.50. The Morgan fingerprint density at radius 3 is 2.76 bits per heavy atom. The molecule has 0 aromatic heterocycles. The predicted octanol–water partition coefficient (Wildman–Crippen LogP) is 2.40. The topological polar surface area (TPSA) is 44.7 Å². The summed E-state index contributed by atoms with van der Waals surface area (Å²) in [4.78, 5) is 2.39. The maximum Gasteiger partial charge on any atom is 0.120 e. The minimum absolute atomic E-state index is 0.267. The molecule has 1 aromatic carbocycles. The molecule has 2 N–H and O–H groups in total. The molecule has 0 radical (unpaired) electrons. The van der Waals surface area contributed by atoms with Gasteiger partial charge in [0.2, 0.25) is 0 Å². The summed E-state index contributed by atoms with van der Waals surface area (Å²) in [5.41, 5.74) is 0. The van der Waals surface area contributed by atoms with Crippen molar-refractivity contribution in [3.05, 3.63) is 29.3 Å². The second-order valence-corrected chi connectivity index (χ2v) is 5.44. The molecule has 1 atom stereocenters. The van der Waals surface area contributed by atoms with Gasteiger partial charge in [0.15, 0.2) is 0 Å². The summed E-state index contributed by atoms with van der Waals surface area (Å²) in [7, 11) is 0. The predicted molar refractivity (Wildman–Crippen MR) is 88.2 cm³/mol. The third-order valence-corrected chi connectivity index (χ3v) is 3.58. The number of aliphatic hydroxyl groups is 1. The third-order valence-electron chi connectivity index (χ3n) is 3.34. The van der Waals surface area contributed by atoms with Crippen LogP contribution < -0.4 is 10.1 Å². The second-order valence-electron chi connectivity index (χ2n) is 5.01. The summed E-state index contributed by atoms with van der Waals surface area (Å²) in [6, 6.07) is 7.19. The Kier molecular flexibility index (Phi) is 9.42. The monoisotopic (exact) mass is 314 g/mol. The van der Waals surface area contributed by atoms with Gasteiger partial charge in [-0.15, -0.1) is 0 Å². The van der Waals surface area contributed by atoms with Crippen LogP contribution in [0, 0.1) is 0 Å². The van der Waals surface area contributed by atoms with Crippen molar-refractivity contribution in [1.82, 2.24) is 10.2 Å². The molecule has 0 fully saturated rings. The fourth-order valence-corrected chi connectivity index (χ4v) is 2.22. The van der Waals surface area contributed by atoms with Gasteiger partial charge in [-0.3, -0.25) is 0 Å². The van der Waals surface area contributed by atoms with E-state index in [1.54, 1.807) is 12.1 Å². The number of halogens is 1. The highest BCUT2D eigenvalue weighted by atomic mass is 35.5. The Morgan fingerprint density at radius 1 is 1.33 bits per heavy atom. The molecule has 0 saturated heterocycles. The van der Waals surface area contributed by atoms with Crippen LogP contribution in [0.1, 0.15) is 20.3 Å². The minimum Gasteiger partial charge on any atom is -0.491 e. The van der Waals surface area contributed by atoms with Crippen LogP contribution in [0.5, 0.6) is 5.75 Å². The van der Waals surface area contributed by atoms with Crippen LogP contribution in [0.2, 0.25) is 5.02 Å². The fourth-order valence-electron chi connectivity index (χ4n) is 2.04. The normalized spacial score (nSPS) is 12.6. The van der Waals surface area contributed by atoms with E-state index in [-0.39, 0.29) is 6.61 Å². The Morgan fingerprint density at radius 2 is 2.10 bits per heavy atom. The van der Waals surface area contributed by atoms with E-state index in [1.165, 1.54) is 0 Å². The van der Waals surface area contributed by atoms with Crippen molar-refractivity contribution in [3.8, 4) is 5.75 Å². The number of hydrogen-bond donors (Lipinski definition) is 2. The number of hydrogen-bond acceptors (Lipinski definition) is 4. The lowest BCUT2D eigenvalue weighted by atomic mass is 10.3. The third kappa shape index (κ3) is 8.27. The van der Waals surface area contributed by atoms with E-state index in [2.05, 4.69) is 24.1 Å². The lowest BCUT2D eigenvalue weighted by Crippen LogP contribution is -2.33.